The van der Waals surface area contributed by atoms with Gasteiger partial charge in [0.15, 0.2) is 5.82 Å². The standard InChI is InChI=1S/C16H26N6O3S/c1-12(2)21-11-14(9-17-21)10-20-6-5-15(16-18-13(3)19-25-16)22(8-7-20)26(4,23)24/h9,11-12,15H,5-8,10H2,1-4H3. The molecule has 1 unspecified atom stereocenters. The van der Waals surface area contributed by atoms with Crippen molar-refractivity contribution in [1.82, 2.24) is 29.1 Å². The number of rotatable bonds is 5. The number of aromatic nitrogens is 4. The quantitative estimate of drug-likeness (QED) is 0.770. The molecule has 3 heterocycles. The van der Waals surface area contributed by atoms with Crippen LogP contribution >= 0.6 is 0 Å². The lowest BCUT2D eigenvalue weighted by Gasteiger charge is -2.24. The predicted octanol–water partition coefficient (Wildman–Crippen LogP) is 1.36. The van der Waals surface area contributed by atoms with Crippen LogP contribution in [0.5, 0.6) is 0 Å². The summed E-state index contributed by atoms with van der Waals surface area (Å²) in [4.78, 5) is 6.49. The molecule has 2 aromatic heterocycles. The first-order chi connectivity index (χ1) is 12.2. The van der Waals surface area contributed by atoms with E-state index < -0.39 is 16.1 Å². The summed E-state index contributed by atoms with van der Waals surface area (Å²) >= 11 is 0. The molecule has 0 N–H and O–H groups in total. The third-order valence-corrected chi connectivity index (χ3v) is 5.84. The van der Waals surface area contributed by atoms with E-state index in [0.717, 1.165) is 18.7 Å². The van der Waals surface area contributed by atoms with Crippen LogP contribution in [0, 0.1) is 6.92 Å². The fourth-order valence-corrected chi connectivity index (χ4v) is 4.28. The van der Waals surface area contributed by atoms with Gasteiger partial charge in [0.2, 0.25) is 15.9 Å². The number of aryl methyl sites for hydroxylation is 1. The van der Waals surface area contributed by atoms with Gasteiger partial charge in [0.05, 0.1) is 12.5 Å². The Hall–Kier alpha value is -1.78. The topological polar surface area (TPSA) is 97.4 Å². The molecule has 0 spiro atoms. The summed E-state index contributed by atoms with van der Waals surface area (Å²) < 4.78 is 33.2. The minimum Gasteiger partial charge on any atom is -0.338 e. The molecule has 2 aromatic rings. The van der Waals surface area contributed by atoms with Crippen LogP contribution in [0.25, 0.3) is 0 Å². The minimum atomic E-state index is -3.38. The highest BCUT2D eigenvalue weighted by Gasteiger charge is 2.34. The van der Waals surface area contributed by atoms with Crippen LogP contribution in [-0.4, -0.2) is 63.4 Å². The molecule has 1 saturated heterocycles. The molecular weight excluding hydrogens is 356 g/mol. The van der Waals surface area contributed by atoms with Crippen molar-refractivity contribution in [2.75, 3.05) is 25.9 Å². The fraction of sp³-hybridized carbons (Fsp3) is 0.688. The summed E-state index contributed by atoms with van der Waals surface area (Å²) in [6.45, 7) is 8.41. The van der Waals surface area contributed by atoms with Crippen LogP contribution in [0.4, 0.5) is 0 Å². The van der Waals surface area contributed by atoms with E-state index >= 15 is 0 Å². The lowest BCUT2D eigenvalue weighted by molar-refractivity contribution is 0.257. The Balaban J connectivity index is 1.75. The van der Waals surface area contributed by atoms with Crippen LogP contribution in [0.2, 0.25) is 0 Å². The molecule has 0 aliphatic carbocycles. The lowest BCUT2D eigenvalue weighted by Crippen LogP contribution is -2.36. The molecule has 1 aliphatic rings. The van der Waals surface area contributed by atoms with Gasteiger partial charge in [0, 0.05) is 44.0 Å². The smallest absolute Gasteiger partial charge is 0.245 e. The van der Waals surface area contributed by atoms with Gasteiger partial charge in [-0.2, -0.15) is 14.4 Å². The van der Waals surface area contributed by atoms with Crippen LogP contribution < -0.4 is 0 Å². The molecule has 0 aromatic carbocycles. The second kappa shape index (κ2) is 7.45. The first-order valence-electron chi connectivity index (χ1n) is 8.76. The van der Waals surface area contributed by atoms with Crippen LogP contribution in [0.1, 0.15) is 49.6 Å². The third kappa shape index (κ3) is 4.30. The van der Waals surface area contributed by atoms with E-state index in [1.807, 2.05) is 17.1 Å². The van der Waals surface area contributed by atoms with Gasteiger partial charge < -0.3 is 4.52 Å². The predicted molar refractivity (Wildman–Crippen MR) is 95.8 cm³/mol. The number of hydrogen-bond donors (Lipinski definition) is 0. The monoisotopic (exact) mass is 382 g/mol. The zero-order valence-corrected chi connectivity index (χ0v) is 16.5. The Morgan fingerprint density at radius 2 is 2.08 bits per heavy atom. The van der Waals surface area contributed by atoms with Crippen molar-refractivity contribution in [3.8, 4) is 0 Å². The minimum absolute atomic E-state index is 0.318. The number of sulfonamides is 1. The maximum absolute atomic E-state index is 12.3. The zero-order chi connectivity index (χ0) is 18.9. The molecular formula is C16H26N6O3S. The van der Waals surface area contributed by atoms with E-state index in [2.05, 4.69) is 34.0 Å². The SMILES string of the molecule is Cc1noc(C2CCN(Cc3cnn(C(C)C)c3)CCN2S(C)(=O)=O)n1. The second-order valence-corrected chi connectivity index (χ2v) is 8.99. The second-order valence-electron chi connectivity index (χ2n) is 7.06. The highest BCUT2D eigenvalue weighted by atomic mass is 32.2. The number of hydrogen-bond acceptors (Lipinski definition) is 7. The fourth-order valence-electron chi connectivity index (χ4n) is 3.21. The summed E-state index contributed by atoms with van der Waals surface area (Å²) in [5, 5.41) is 8.19. The molecule has 0 saturated carbocycles. The molecule has 1 fully saturated rings. The third-order valence-electron chi connectivity index (χ3n) is 4.55. The van der Waals surface area contributed by atoms with Gasteiger partial charge in [-0.3, -0.25) is 9.58 Å². The van der Waals surface area contributed by atoms with Crippen LogP contribution in [0.3, 0.4) is 0 Å². The maximum atomic E-state index is 12.3. The molecule has 3 rings (SSSR count). The Kier molecular flexibility index (Phi) is 5.44. The van der Waals surface area contributed by atoms with Crippen LogP contribution in [-0.2, 0) is 16.6 Å². The summed E-state index contributed by atoms with van der Waals surface area (Å²) in [5.41, 5.74) is 1.12. The number of nitrogens with zero attached hydrogens (tertiary/aromatic N) is 6. The van der Waals surface area contributed by atoms with Gasteiger partial charge in [-0.15, -0.1) is 0 Å². The highest BCUT2D eigenvalue weighted by molar-refractivity contribution is 7.88. The normalized spacial score (nSPS) is 20.6. The van der Waals surface area contributed by atoms with Crippen molar-refractivity contribution in [3.05, 3.63) is 29.7 Å². The average Bonchev–Trinajstić information content (AvgIpc) is 3.12. The van der Waals surface area contributed by atoms with Crippen molar-refractivity contribution in [2.45, 2.75) is 45.8 Å². The first-order valence-corrected chi connectivity index (χ1v) is 10.6. The summed E-state index contributed by atoms with van der Waals surface area (Å²) in [6.07, 6.45) is 5.75. The highest BCUT2D eigenvalue weighted by Crippen LogP contribution is 2.28. The molecule has 144 valence electrons. The van der Waals surface area contributed by atoms with Crippen molar-refractivity contribution >= 4 is 10.0 Å². The molecule has 1 atom stereocenters. The Labute approximate surface area is 154 Å². The molecule has 0 radical (unpaired) electrons. The molecule has 1 aliphatic heterocycles. The van der Waals surface area contributed by atoms with Gasteiger partial charge in [-0.1, -0.05) is 5.16 Å². The van der Waals surface area contributed by atoms with E-state index in [-0.39, 0.29) is 0 Å². The average molecular weight is 382 g/mol. The van der Waals surface area contributed by atoms with E-state index in [0.29, 0.717) is 37.3 Å². The van der Waals surface area contributed by atoms with Crippen molar-refractivity contribution in [2.24, 2.45) is 0 Å². The van der Waals surface area contributed by atoms with Crippen molar-refractivity contribution < 1.29 is 12.9 Å². The van der Waals surface area contributed by atoms with Gasteiger partial charge in [-0.25, -0.2) is 8.42 Å². The van der Waals surface area contributed by atoms with Gasteiger partial charge in [0.25, 0.3) is 0 Å². The van der Waals surface area contributed by atoms with Gasteiger partial charge >= 0.3 is 0 Å². The summed E-state index contributed by atoms with van der Waals surface area (Å²) in [7, 11) is -3.38. The molecule has 0 bridgehead atoms. The van der Waals surface area contributed by atoms with E-state index in [4.69, 9.17) is 4.52 Å². The summed E-state index contributed by atoms with van der Waals surface area (Å²) in [5.74, 6) is 0.873. The maximum Gasteiger partial charge on any atom is 0.245 e. The molecule has 0 amide bonds. The molecule has 10 heteroatoms. The first kappa shape index (κ1) is 19.0. The molecule has 9 nitrogen and oxygen atoms in total. The summed E-state index contributed by atoms with van der Waals surface area (Å²) in [6, 6.07) is -0.103. The van der Waals surface area contributed by atoms with E-state index in [1.54, 1.807) is 6.92 Å². The van der Waals surface area contributed by atoms with Crippen molar-refractivity contribution in [3.63, 3.8) is 0 Å². The van der Waals surface area contributed by atoms with Crippen LogP contribution in [0.15, 0.2) is 16.9 Å². The van der Waals surface area contributed by atoms with E-state index in [9.17, 15) is 8.42 Å². The Morgan fingerprint density at radius 1 is 1.31 bits per heavy atom. The Bertz CT molecular complexity index is 844. The Morgan fingerprint density at radius 3 is 2.65 bits per heavy atom. The largest absolute Gasteiger partial charge is 0.338 e. The van der Waals surface area contributed by atoms with Crippen molar-refractivity contribution in [1.29, 1.82) is 0 Å². The molecule has 26 heavy (non-hydrogen) atoms. The van der Waals surface area contributed by atoms with Gasteiger partial charge in [-0.05, 0) is 27.2 Å². The zero-order valence-electron chi connectivity index (χ0n) is 15.7. The van der Waals surface area contributed by atoms with E-state index in [1.165, 1.54) is 10.6 Å². The van der Waals surface area contributed by atoms with Gasteiger partial charge in [0.1, 0.15) is 6.04 Å². The lowest BCUT2D eigenvalue weighted by atomic mass is 10.2.